The van der Waals surface area contributed by atoms with E-state index >= 15 is 0 Å². The first-order chi connectivity index (χ1) is 14.1. The smallest absolute Gasteiger partial charge is 0.340 e. The highest BCUT2D eigenvalue weighted by molar-refractivity contribution is 5.95. The quantitative estimate of drug-likeness (QED) is 0.718. The highest BCUT2D eigenvalue weighted by Gasteiger charge is 2.25. The molecule has 0 aliphatic carbocycles. The highest BCUT2D eigenvalue weighted by Crippen LogP contribution is 2.16. The van der Waals surface area contributed by atoms with Crippen molar-refractivity contribution in [3.8, 4) is 0 Å². The third kappa shape index (κ3) is 5.16. The number of carbonyl (C=O) groups excluding carboxylic acids is 3. The Hall–Kier alpha value is -3.29. The van der Waals surface area contributed by atoms with Crippen molar-refractivity contribution < 1.29 is 23.5 Å². The zero-order chi connectivity index (χ0) is 20.6. The van der Waals surface area contributed by atoms with Crippen LogP contribution in [0.25, 0.3) is 0 Å². The highest BCUT2D eigenvalue weighted by atomic mass is 16.5. The summed E-state index contributed by atoms with van der Waals surface area (Å²) in [7, 11) is 0. The SMILES string of the molecule is CCOC(=O)c1ccccc1NCCC(=O)N1CCN(C(=O)c2ccco2)CC1. The maximum absolute atomic E-state index is 12.5. The lowest BCUT2D eigenvalue weighted by Crippen LogP contribution is -2.50. The number of para-hydroxylation sites is 1. The van der Waals surface area contributed by atoms with Crippen LogP contribution in [0.2, 0.25) is 0 Å². The molecule has 8 nitrogen and oxygen atoms in total. The number of nitrogens with zero attached hydrogens (tertiary/aromatic N) is 2. The Morgan fingerprint density at radius 3 is 2.45 bits per heavy atom. The van der Waals surface area contributed by atoms with Gasteiger partial charge in [-0.1, -0.05) is 12.1 Å². The zero-order valence-corrected chi connectivity index (χ0v) is 16.4. The Kier molecular flexibility index (Phi) is 6.89. The van der Waals surface area contributed by atoms with Gasteiger partial charge in [-0.05, 0) is 31.2 Å². The number of esters is 1. The number of amides is 2. The lowest BCUT2D eigenvalue weighted by molar-refractivity contribution is -0.132. The Morgan fingerprint density at radius 2 is 1.76 bits per heavy atom. The Morgan fingerprint density at radius 1 is 1.03 bits per heavy atom. The van der Waals surface area contributed by atoms with Crippen LogP contribution >= 0.6 is 0 Å². The monoisotopic (exact) mass is 399 g/mol. The van der Waals surface area contributed by atoms with Crippen molar-refractivity contribution in [1.29, 1.82) is 0 Å². The molecule has 0 radical (unpaired) electrons. The molecule has 0 saturated carbocycles. The Bertz CT molecular complexity index is 842. The number of piperazine rings is 1. The predicted octanol–water partition coefficient (Wildman–Crippen LogP) is 2.24. The minimum atomic E-state index is -0.390. The van der Waals surface area contributed by atoms with Crippen LogP contribution in [0.15, 0.2) is 47.1 Å². The van der Waals surface area contributed by atoms with Crippen LogP contribution in [-0.2, 0) is 9.53 Å². The molecule has 0 spiro atoms. The summed E-state index contributed by atoms with van der Waals surface area (Å²) in [4.78, 5) is 40.2. The van der Waals surface area contributed by atoms with Gasteiger partial charge in [0.15, 0.2) is 5.76 Å². The van der Waals surface area contributed by atoms with Gasteiger partial charge >= 0.3 is 5.97 Å². The fraction of sp³-hybridized carbons (Fsp3) is 0.381. The predicted molar refractivity (Wildman–Crippen MR) is 107 cm³/mol. The molecule has 154 valence electrons. The van der Waals surface area contributed by atoms with Crippen molar-refractivity contribution >= 4 is 23.5 Å². The lowest BCUT2D eigenvalue weighted by Gasteiger charge is -2.34. The zero-order valence-electron chi connectivity index (χ0n) is 16.4. The van der Waals surface area contributed by atoms with Gasteiger partial charge in [-0.2, -0.15) is 0 Å². The van der Waals surface area contributed by atoms with Gasteiger partial charge in [-0.15, -0.1) is 0 Å². The van der Waals surface area contributed by atoms with Crippen molar-refractivity contribution in [1.82, 2.24) is 9.80 Å². The fourth-order valence-corrected chi connectivity index (χ4v) is 3.20. The van der Waals surface area contributed by atoms with Crippen molar-refractivity contribution in [2.24, 2.45) is 0 Å². The topological polar surface area (TPSA) is 92.1 Å². The molecule has 1 N–H and O–H groups in total. The Labute approximate surface area is 169 Å². The molecule has 8 heteroatoms. The summed E-state index contributed by atoms with van der Waals surface area (Å²) in [6.45, 7) is 4.40. The average molecular weight is 399 g/mol. The molecule has 1 aliphatic heterocycles. The van der Waals surface area contributed by atoms with E-state index in [0.29, 0.717) is 62.8 Å². The number of nitrogens with one attached hydrogen (secondary N) is 1. The van der Waals surface area contributed by atoms with Gasteiger partial charge in [-0.3, -0.25) is 9.59 Å². The van der Waals surface area contributed by atoms with E-state index in [0.717, 1.165) is 0 Å². The van der Waals surface area contributed by atoms with E-state index in [1.54, 1.807) is 47.1 Å². The van der Waals surface area contributed by atoms with Gasteiger partial charge in [0.2, 0.25) is 5.91 Å². The van der Waals surface area contributed by atoms with E-state index in [4.69, 9.17) is 9.15 Å². The number of hydrogen-bond acceptors (Lipinski definition) is 6. The van der Waals surface area contributed by atoms with Gasteiger partial charge < -0.3 is 24.3 Å². The molecule has 29 heavy (non-hydrogen) atoms. The maximum atomic E-state index is 12.5. The van der Waals surface area contributed by atoms with Crippen molar-refractivity contribution in [2.45, 2.75) is 13.3 Å². The minimum Gasteiger partial charge on any atom is -0.462 e. The molecule has 3 rings (SSSR count). The molecule has 0 atom stereocenters. The van der Waals surface area contributed by atoms with Crippen LogP contribution in [0.1, 0.15) is 34.3 Å². The van der Waals surface area contributed by atoms with E-state index < -0.39 is 0 Å². The van der Waals surface area contributed by atoms with Crippen LogP contribution in [-0.4, -0.2) is 66.9 Å². The largest absolute Gasteiger partial charge is 0.462 e. The second-order valence-corrected chi connectivity index (χ2v) is 6.59. The normalized spacial score (nSPS) is 13.8. The number of anilines is 1. The number of ether oxygens (including phenoxy) is 1. The first kappa shape index (κ1) is 20.4. The van der Waals surface area contributed by atoms with E-state index in [-0.39, 0.29) is 17.8 Å². The summed E-state index contributed by atoms with van der Waals surface area (Å²) in [5.41, 5.74) is 1.10. The molecular weight excluding hydrogens is 374 g/mol. The minimum absolute atomic E-state index is 0.0104. The molecule has 1 fully saturated rings. The number of furan rings is 1. The van der Waals surface area contributed by atoms with Crippen LogP contribution in [0.4, 0.5) is 5.69 Å². The number of hydrogen-bond donors (Lipinski definition) is 1. The second-order valence-electron chi connectivity index (χ2n) is 6.59. The standard InChI is InChI=1S/C21H25N3O5/c1-2-28-21(27)16-6-3-4-7-17(16)22-10-9-19(25)23-11-13-24(14-12-23)20(26)18-8-5-15-29-18/h3-8,15,22H,2,9-14H2,1H3. The summed E-state index contributed by atoms with van der Waals surface area (Å²) < 4.78 is 10.2. The molecular formula is C21H25N3O5. The lowest BCUT2D eigenvalue weighted by atomic mass is 10.1. The summed E-state index contributed by atoms with van der Waals surface area (Å²) in [5, 5.41) is 3.14. The number of rotatable bonds is 7. The van der Waals surface area contributed by atoms with E-state index in [1.165, 1.54) is 6.26 Å². The summed E-state index contributed by atoms with van der Waals surface area (Å²) in [6, 6.07) is 10.4. The summed E-state index contributed by atoms with van der Waals surface area (Å²) in [5.74, 6) is -0.218. The maximum Gasteiger partial charge on any atom is 0.340 e. The van der Waals surface area contributed by atoms with Gasteiger partial charge in [0.1, 0.15) is 0 Å². The van der Waals surface area contributed by atoms with Crippen LogP contribution in [0, 0.1) is 0 Å². The molecule has 0 bridgehead atoms. The molecule has 1 saturated heterocycles. The third-order valence-electron chi connectivity index (χ3n) is 4.73. The number of carbonyl (C=O) groups is 3. The Balaban J connectivity index is 1.45. The molecule has 0 unspecified atom stereocenters. The molecule has 2 aromatic rings. The first-order valence-electron chi connectivity index (χ1n) is 9.70. The molecule has 1 aromatic carbocycles. The van der Waals surface area contributed by atoms with E-state index in [2.05, 4.69) is 5.32 Å². The van der Waals surface area contributed by atoms with Gasteiger partial charge in [-0.25, -0.2) is 4.79 Å². The fourth-order valence-electron chi connectivity index (χ4n) is 3.20. The van der Waals surface area contributed by atoms with E-state index in [9.17, 15) is 14.4 Å². The van der Waals surface area contributed by atoms with Crippen molar-refractivity contribution in [2.75, 3.05) is 44.6 Å². The average Bonchev–Trinajstić information content (AvgIpc) is 3.29. The third-order valence-corrected chi connectivity index (χ3v) is 4.73. The molecule has 1 aliphatic rings. The van der Waals surface area contributed by atoms with Gasteiger partial charge in [0.25, 0.3) is 5.91 Å². The number of benzene rings is 1. The first-order valence-corrected chi connectivity index (χ1v) is 9.70. The van der Waals surface area contributed by atoms with Crippen LogP contribution < -0.4 is 5.32 Å². The van der Waals surface area contributed by atoms with Crippen LogP contribution in [0.3, 0.4) is 0 Å². The van der Waals surface area contributed by atoms with E-state index in [1.807, 2.05) is 6.07 Å². The molecule has 1 aromatic heterocycles. The molecule has 2 heterocycles. The van der Waals surface area contributed by atoms with Crippen molar-refractivity contribution in [3.05, 3.63) is 54.0 Å². The van der Waals surface area contributed by atoms with Crippen molar-refractivity contribution in [3.63, 3.8) is 0 Å². The summed E-state index contributed by atoms with van der Waals surface area (Å²) >= 11 is 0. The second kappa shape index (κ2) is 9.77. The van der Waals surface area contributed by atoms with Gasteiger partial charge in [0.05, 0.1) is 18.4 Å². The van der Waals surface area contributed by atoms with Gasteiger partial charge in [0, 0.05) is 44.8 Å². The molecule has 2 amide bonds. The summed E-state index contributed by atoms with van der Waals surface area (Å²) in [6.07, 6.45) is 1.77. The van der Waals surface area contributed by atoms with Crippen LogP contribution in [0.5, 0.6) is 0 Å².